The molecule has 0 spiro atoms. The Balaban J connectivity index is 1.28. The molecule has 1 aliphatic rings. The SMILES string of the molecule is C1=CC[N-]C(c2ccc(-c3ccc4c(ccc5c6ccc(-c7ccncc7)cc6n(-c6cccc7ccccc67)c45)c3)nc2)=C1. The maximum absolute atomic E-state index is 4.83. The fourth-order valence-corrected chi connectivity index (χ4v) is 6.70. The average molecular weight is 576 g/mol. The Hall–Kier alpha value is -6.00. The lowest BCUT2D eigenvalue weighted by atomic mass is 10.0. The van der Waals surface area contributed by atoms with E-state index in [2.05, 4.69) is 142 Å². The normalized spacial score (nSPS) is 13.0. The summed E-state index contributed by atoms with van der Waals surface area (Å²) < 4.78 is 2.46. The fourth-order valence-electron chi connectivity index (χ4n) is 6.70. The molecular weight excluding hydrogens is 548 g/mol. The van der Waals surface area contributed by atoms with Crippen LogP contribution in [0.1, 0.15) is 5.56 Å². The Morgan fingerprint density at radius 3 is 2.29 bits per heavy atom. The van der Waals surface area contributed by atoms with Gasteiger partial charge in [-0.05, 0) is 63.9 Å². The highest BCUT2D eigenvalue weighted by molar-refractivity contribution is 6.20. The van der Waals surface area contributed by atoms with Crippen molar-refractivity contribution in [1.29, 1.82) is 0 Å². The number of aromatic nitrogens is 3. The summed E-state index contributed by atoms with van der Waals surface area (Å²) in [6.45, 7) is 0.716. The Kier molecular flexibility index (Phi) is 5.85. The van der Waals surface area contributed by atoms with Crippen LogP contribution in [0.3, 0.4) is 0 Å². The zero-order chi connectivity index (χ0) is 29.7. The molecule has 0 unspecified atom stereocenters. The third-order valence-electron chi connectivity index (χ3n) is 8.88. The van der Waals surface area contributed by atoms with E-state index >= 15 is 0 Å². The molecule has 0 bridgehead atoms. The van der Waals surface area contributed by atoms with Crippen molar-refractivity contribution >= 4 is 49.0 Å². The van der Waals surface area contributed by atoms with Crippen molar-refractivity contribution in [3.05, 3.63) is 163 Å². The van der Waals surface area contributed by atoms with Crippen LogP contribution >= 0.6 is 0 Å². The Bertz CT molecular complexity index is 2460. The number of hydrogen-bond donors (Lipinski definition) is 0. The first kappa shape index (κ1) is 25.5. The summed E-state index contributed by atoms with van der Waals surface area (Å²) in [4.78, 5) is 9.07. The third kappa shape index (κ3) is 4.22. The second-order valence-electron chi connectivity index (χ2n) is 11.5. The van der Waals surface area contributed by atoms with Gasteiger partial charge >= 0.3 is 0 Å². The van der Waals surface area contributed by atoms with Crippen molar-refractivity contribution in [2.24, 2.45) is 0 Å². The van der Waals surface area contributed by atoms with Gasteiger partial charge in [0.05, 0.1) is 22.4 Å². The molecule has 5 aromatic carbocycles. The molecule has 4 heterocycles. The number of rotatable bonds is 4. The topological polar surface area (TPSA) is 44.8 Å². The zero-order valence-corrected chi connectivity index (χ0v) is 24.4. The molecule has 1 aliphatic heterocycles. The van der Waals surface area contributed by atoms with E-state index in [4.69, 9.17) is 4.98 Å². The van der Waals surface area contributed by atoms with Crippen molar-refractivity contribution in [1.82, 2.24) is 14.5 Å². The average Bonchev–Trinajstić information content (AvgIpc) is 3.46. The first-order valence-corrected chi connectivity index (χ1v) is 15.2. The molecule has 4 heteroatoms. The lowest BCUT2D eigenvalue weighted by Crippen LogP contribution is -1.96. The fraction of sp³-hybridized carbons (Fsp3) is 0.0244. The molecule has 0 amide bonds. The maximum Gasteiger partial charge on any atom is 0.0702 e. The number of pyridine rings is 2. The van der Waals surface area contributed by atoms with Gasteiger partial charge in [0.2, 0.25) is 0 Å². The van der Waals surface area contributed by atoms with E-state index in [1.807, 2.05) is 24.7 Å². The highest BCUT2D eigenvalue weighted by Gasteiger charge is 2.18. The summed E-state index contributed by atoms with van der Waals surface area (Å²) in [5.74, 6) is 0. The lowest BCUT2D eigenvalue weighted by Gasteiger charge is -2.26. The van der Waals surface area contributed by atoms with Crippen molar-refractivity contribution in [2.45, 2.75) is 0 Å². The minimum atomic E-state index is 0.716. The van der Waals surface area contributed by atoms with E-state index in [-0.39, 0.29) is 0 Å². The molecule has 3 aromatic heterocycles. The second-order valence-corrected chi connectivity index (χ2v) is 11.5. The molecule has 0 fully saturated rings. The molecule has 45 heavy (non-hydrogen) atoms. The van der Waals surface area contributed by atoms with E-state index in [9.17, 15) is 0 Å². The van der Waals surface area contributed by atoms with Crippen LogP contribution < -0.4 is 0 Å². The van der Waals surface area contributed by atoms with Gasteiger partial charge in [0, 0.05) is 45.7 Å². The molecule has 0 atom stereocenters. The van der Waals surface area contributed by atoms with E-state index in [0.717, 1.165) is 28.1 Å². The molecular formula is C41H27N4-. The van der Waals surface area contributed by atoms with Crippen LogP contribution in [0, 0.1) is 0 Å². The van der Waals surface area contributed by atoms with Crippen LogP contribution in [0.5, 0.6) is 0 Å². The second kappa shape index (κ2) is 10.3. The monoisotopic (exact) mass is 575 g/mol. The molecule has 4 nitrogen and oxygen atoms in total. The van der Waals surface area contributed by atoms with E-state index in [1.54, 1.807) is 0 Å². The standard InChI is InChI=1S/C41H27N4/c1-2-8-33-28(6-1)7-5-10-39(33)45-40-25-29(27-19-22-42-23-20-27)11-16-35(40)36-17-12-30-24-31(13-15-34(30)41(36)45)38-18-14-32(26-44-38)37-9-3-4-21-43-37/h1-20,22-26H,21H2/q-1. The number of allylic oxidation sites excluding steroid dienone is 2. The first-order valence-electron chi connectivity index (χ1n) is 15.2. The van der Waals surface area contributed by atoms with Crippen LogP contribution in [0.15, 0.2) is 152 Å². The summed E-state index contributed by atoms with van der Waals surface area (Å²) in [5.41, 5.74) is 9.94. The third-order valence-corrected chi connectivity index (χ3v) is 8.88. The predicted octanol–water partition coefficient (Wildman–Crippen LogP) is 10.5. The van der Waals surface area contributed by atoms with Gasteiger partial charge in [0.25, 0.3) is 0 Å². The number of benzene rings is 5. The first-order chi connectivity index (χ1) is 22.3. The highest BCUT2D eigenvalue weighted by atomic mass is 15.0. The van der Waals surface area contributed by atoms with Gasteiger partial charge in [0.1, 0.15) is 0 Å². The van der Waals surface area contributed by atoms with E-state index < -0.39 is 0 Å². The molecule has 8 aromatic rings. The van der Waals surface area contributed by atoms with Gasteiger partial charge in [-0.3, -0.25) is 9.97 Å². The summed E-state index contributed by atoms with van der Waals surface area (Å²) in [6, 6.07) is 41.6. The molecule has 9 rings (SSSR count). The number of fused-ring (bicyclic) bond motifs is 6. The van der Waals surface area contributed by atoms with Gasteiger partial charge in [-0.25, -0.2) is 0 Å². The summed E-state index contributed by atoms with van der Waals surface area (Å²) in [7, 11) is 0. The maximum atomic E-state index is 4.83. The summed E-state index contributed by atoms with van der Waals surface area (Å²) >= 11 is 0. The van der Waals surface area contributed by atoms with Gasteiger partial charge in [-0.1, -0.05) is 91.0 Å². The van der Waals surface area contributed by atoms with E-state index in [0.29, 0.717) is 6.54 Å². The number of nitrogens with zero attached hydrogens (tertiary/aromatic N) is 4. The number of hydrogen-bond acceptors (Lipinski definition) is 2. The van der Waals surface area contributed by atoms with Crippen LogP contribution in [0.4, 0.5) is 0 Å². The van der Waals surface area contributed by atoms with Gasteiger partial charge in [-0.2, -0.15) is 0 Å². The van der Waals surface area contributed by atoms with Crippen LogP contribution in [0.2, 0.25) is 0 Å². The molecule has 212 valence electrons. The summed E-state index contributed by atoms with van der Waals surface area (Å²) in [6.07, 6.45) is 11.8. The molecule has 0 radical (unpaired) electrons. The zero-order valence-electron chi connectivity index (χ0n) is 24.4. The van der Waals surface area contributed by atoms with Crippen LogP contribution in [-0.2, 0) is 0 Å². The van der Waals surface area contributed by atoms with Crippen LogP contribution in [-0.4, -0.2) is 21.1 Å². The van der Waals surface area contributed by atoms with Crippen molar-refractivity contribution in [3.63, 3.8) is 0 Å². The molecule has 0 saturated heterocycles. The lowest BCUT2D eigenvalue weighted by molar-refractivity contribution is 1.20. The minimum absolute atomic E-state index is 0.716. The largest absolute Gasteiger partial charge is 0.681 e. The van der Waals surface area contributed by atoms with Crippen molar-refractivity contribution in [3.8, 4) is 28.1 Å². The van der Waals surface area contributed by atoms with Crippen LogP contribution in [0.25, 0.3) is 82.4 Å². The smallest absolute Gasteiger partial charge is 0.0702 e. The molecule has 0 saturated carbocycles. The van der Waals surface area contributed by atoms with Gasteiger partial charge in [0.15, 0.2) is 0 Å². The van der Waals surface area contributed by atoms with Gasteiger partial charge < -0.3 is 9.88 Å². The Morgan fingerprint density at radius 2 is 1.42 bits per heavy atom. The molecule has 0 aliphatic carbocycles. The van der Waals surface area contributed by atoms with E-state index in [1.165, 1.54) is 54.6 Å². The van der Waals surface area contributed by atoms with Crippen molar-refractivity contribution in [2.75, 3.05) is 6.54 Å². The quantitative estimate of drug-likeness (QED) is 0.210. The van der Waals surface area contributed by atoms with Crippen molar-refractivity contribution < 1.29 is 0 Å². The predicted molar refractivity (Wildman–Crippen MR) is 188 cm³/mol. The Morgan fingerprint density at radius 1 is 0.600 bits per heavy atom. The minimum Gasteiger partial charge on any atom is -0.681 e. The Labute approximate surface area is 260 Å². The molecule has 0 N–H and O–H groups in total. The van der Waals surface area contributed by atoms with Gasteiger partial charge in [-0.15, -0.1) is 18.3 Å². The summed E-state index contributed by atoms with van der Waals surface area (Å²) in [5, 5.41) is 11.9. The highest BCUT2D eigenvalue weighted by Crippen LogP contribution is 2.40.